The summed E-state index contributed by atoms with van der Waals surface area (Å²) in [7, 11) is 0. The van der Waals surface area contributed by atoms with Gasteiger partial charge in [-0.15, -0.1) is 0 Å². The second-order valence-corrected chi connectivity index (χ2v) is 3.85. The number of pyridine rings is 1. The van der Waals surface area contributed by atoms with E-state index in [9.17, 15) is 4.79 Å². The van der Waals surface area contributed by atoms with Crippen LogP contribution >= 0.6 is 0 Å². The normalized spacial score (nSPS) is 20.3. The van der Waals surface area contributed by atoms with Gasteiger partial charge in [0.05, 0.1) is 5.69 Å². The molecule has 1 aliphatic rings. The van der Waals surface area contributed by atoms with E-state index in [1.54, 1.807) is 6.20 Å². The van der Waals surface area contributed by atoms with Crippen LogP contribution in [-0.2, 0) is 11.3 Å². The fourth-order valence-electron chi connectivity index (χ4n) is 1.69. The summed E-state index contributed by atoms with van der Waals surface area (Å²) in [6, 6.07) is 4.22. The summed E-state index contributed by atoms with van der Waals surface area (Å²) in [6.45, 7) is 3.50. The van der Waals surface area contributed by atoms with Gasteiger partial charge in [0.1, 0.15) is 0 Å². The van der Waals surface area contributed by atoms with Crippen LogP contribution in [0.15, 0.2) is 18.3 Å². The van der Waals surface area contributed by atoms with E-state index in [-0.39, 0.29) is 11.9 Å². The summed E-state index contributed by atoms with van der Waals surface area (Å²) in [5.74, 6) is 0.130. The lowest BCUT2D eigenvalue weighted by atomic mass is 10.2. The van der Waals surface area contributed by atoms with Gasteiger partial charge in [0.15, 0.2) is 0 Å². The number of nitrogens with one attached hydrogen (secondary N) is 2. The molecule has 1 aliphatic heterocycles. The number of nitrogens with zero attached hydrogens (tertiary/aromatic N) is 1. The first-order valence-electron chi connectivity index (χ1n) is 5.16. The van der Waals surface area contributed by atoms with E-state index in [0.29, 0.717) is 6.42 Å². The van der Waals surface area contributed by atoms with Crippen molar-refractivity contribution in [3.05, 3.63) is 29.6 Å². The van der Waals surface area contributed by atoms with Crippen molar-refractivity contribution in [3.8, 4) is 0 Å². The van der Waals surface area contributed by atoms with E-state index < -0.39 is 0 Å². The molecule has 2 N–H and O–H groups in total. The Balaban J connectivity index is 1.88. The van der Waals surface area contributed by atoms with Gasteiger partial charge in [0, 0.05) is 31.7 Å². The minimum Gasteiger partial charge on any atom is -0.354 e. The molecule has 0 aliphatic carbocycles. The molecular weight excluding hydrogens is 190 g/mol. The molecule has 0 spiro atoms. The van der Waals surface area contributed by atoms with E-state index in [2.05, 4.69) is 15.6 Å². The molecule has 1 aromatic rings. The fraction of sp³-hybridized carbons (Fsp3) is 0.455. The predicted octanol–water partition coefficient (Wildman–Crippen LogP) is 0.368. The van der Waals surface area contributed by atoms with Crippen LogP contribution in [0.2, 0.25) is 0 Å². The summed E-state index contributed by atoms with van der Waals surface area (Å²) in [4.78, 5) is 15.3. The van der Waals surface area contributed by atoms with E-state index in [4.69, 9.17) is 0 Å². The van der Waals surface area contributed by atoms with Crippen LogP contribution in [0.4, 0.5) is 0 Å². The molecule has 1 aromatic heterocycles. The summed E-state index contributed by atoms with van der Waals surface area (Å²) < 4.78 is 0. The molecule has 0 radical (unpaired) electrons. The van der Waals surface area contributed by atoms with Crippen LogP contribution in [0.5, 0.6) is 0 Å². The van der Waals surface area contributed by atoms with E-state index in [1.165, 1.54) is 5.56 Å². The second kappa shape index (κ2) is 4.40. The molecule has 0 aromatic carbocycles. The maximum atomic E-state index is 11.0. The maximum Gasteiger partial charge on any atom is 0.221 e. The van der Waals surface area contributed by atoms with Gasteiger partial charge in [-0.1, -0.05) is 6.07 Å². The molecule has 1 atom stereocenters. The Morgan fingerprint density at radius 3 is 3.20 bits per heavy atom. The van der Waals surface area contributed by atoms with E-state index in [0.717, 1.165) is 18.8 Å². The Morgan fingerprint density at radius 2 is 2.53 bits per heavy atom. The Bertz CT molecular complexity index is 365. The third kappa shape index (κ3) is 2.53. The Morgan fingerprint density at radius 1 is 1.67 bits per heavy atom. The molecule has 4 nitrogen and oxygen atoms in total. The molecule has 80 valence electrons. The number of hydrogen-bond acceptors (Lipinski definition) is 3. The molecule has 1 unspecified atom stereocenters. The fourth-order valence-corrected chi connectivity index (χ4v) is 1.69. The molecule has 0 bridgehead atoms. The summed E-state index contributed by atoms with van der Waals surface area (Å²) >= 11 is 0. The van der Waals surface area contributed by atoms with Crippen molar-refractivity contribution in [2.75, 3.05) is 6.54 Å². The number of hydrogen-bond donors (Lipinski definition) is 2. The van der Waals surface area contributed by atoms with Gasteiger partial charge in [-0.2, -0.15) is 0 Å². The molecular formula is C11H15N3O. The largest absolute Gasteiger partial charge is 0.354 e. The minimum absolute atomic E-state index is 0.130. The second-order valence-electron chi connectivity index (χ2n) is 3.85. The lowest BCUT2D eigenvalue weighted by Gasteiger charge is -2.10. The van der Waals surface area contributed by atoms with Gasteiger partial charge in [0.2, 0.25) is 5.91 Å². The highest BCUT2D eigenvalue weighted by Crippen LogP contribution is 2.05. The van der Waals surface area contributed by atoms with Gasteiger partial charge < -0.3 is 10.6 Å². The standard InChI is InChI=1S/C11H15N3O/c1-8-3-2-4-12-10(8)7-13-9-5-11(15)14-6-9/h2-4,9,13H,5-7H2,1H3,(H,14,15). The number of amides is 1. The third-order valence-corrected chi connectivity index (χ3v) is 2.65. The smallest absolute Gasteiger partial charge is 0.221 e. The SMILES string of the molecule is Cc1cccnc1CNC1CNC(=O)C1. The molecule has 2 rings (SSSR count). The Hall–Kier alpha value is -1.42. The zero-order chi connectivity index (χ0) is 10.7. The average molecular weight is 205 g/mol. The lowest BCUT2D eigenvalue weighted by molar-refractivity contribution is -0.119. The molecule has 15 heavy (non-hydrogen) atoms. The minimum atomic E-state index is 0.130. The van der Waals surface area contributed by atoms with Crippen LogP contribution in [0.3, 0.4) is 0 Å². The van der Waals surface area contributed by atoms with Gasteiger partial charge in [-0.25, -0.2) is 0 Å². The lowest BCUT2D eigenvalue weighted by Crippen LogP contribution is -2.30. The summed E-state index contributed by atoms with van der Waals surface area (Å²) in [5.41, 5.74) is 2.24. The molecule has 1 fully saturated rings. The summed E-state index contributed by atoms with van der Waals surface area (Å²) in [5, 5.41) is 6.12. The van der Waals surface area contributed by atoms with Crippen LogP contribution in [0.1, 0.15) is 17.7 Å². The maximum absolute atomic E-state index is 11.0. The van der Waals surface area contributed by atoms with Gasteiger partial charge >= 0.3 is 0 Å². The van der Waals surface area contributed by atoms with Crippen LogP contribution in [0.25, 0.3) is 0 Å². The van der Waals surface area contributed by atoms with Crippen molar-refractivity contribution in [1.82, 2.24) is 15.6 Å². The number of aromatic nitrogens is 1. The molecule has 1 amide bonds. The van der Waals surface area contributed by atoms with Crippen molar-refractivity contribution in [2.45, 2.75) is 25.9 Å². The molecule has 4 heteroatoms. The molecule has 2 heterocycles. The van der Waals surface area contributed by atoms with Crippen molar-refractivity contribution >= 4 is 5.91 Å². The molecule has 0 saturated carbocycles. The molecule has 1 saturated heterocycles. The zero-order valence-corrected chi connectivity index (χ0v) is 8.79. The van der Waals surface area contributed by atoms with Crippen molar-refractivity contribution in [2.24, 2.45) is 0 Å². The average Bonchev–Trinajstić information content (AvgIpc) is 2.63. The summed E-state index contributed by atoms with van der Waals surface area (Å²) in [6.07, 6.45) is 2.37. The van der Waals surface area contributed by atoms with Crippen LogP contribution < -0.4 is 10.6 Å². The predicted molar refractivity (Wildman–Crippen MR) is 57.2 cm³/mol. The highest BCUT2D eigenvalue weighted by molar-refractivity contribution is 5.78. The third-order valence-electron chi connectivity index (χ3n) is 2.65. The highest BCUT2D eigenvalue weighted by atomic mass is 16.1. The number of carbonyl (C=O) groups is 1. The zero-order valence-electron chi connectivity index (χ0n) is 8.79. The first kappa shape index (κ1) is 10.1. The van der Waals surface area contributed by atoms with Crippen molar-refractivity contribution in [1.29, 1.82) is 0 Å². The van der Waals surface area contributed by atoms with E-state index >= 15 is 0 Å². The number of carbonyl (C=O) groups excluding carboxylic acids is 1. The quantitative estimate of drug-likeness (QED) is 0.749. The Labute approximate surface area is 89.1 Å². The van der Waals surface area contributed by atoms with E-state index in [1.807, 2.05) is 19.1 Å². The van der Waals surface area contributed by atoms with Gasteiger partial charge in [-0.3, -0.25) is 9.78 Å². The van der Waals surface area contributed by atoms with Crippen molar-refractivity contribution < 1.29 is 4.79 Å². The highest BCUT2D eigenvalue weighted by Gasteiger charge is 2.20. The van der Waals surface area contributed by atoms with Crippen LogP contribution in [-0.4, -0.2) is 23.5 Å². The number of aryl methyl sites for hydroxylation is 1. The topological polar surface area (TPSA) is 54.0 Å². The van der Waals surface area contributed by atoms with Crippen molar-refractivity contribution in [3.63, 3.8) is 0 Å². The van der Waals surface area contributed by atoms with Gasteiger partial charge in [-0.05, 0) is 18.6 Å². The van der Waals surface area contributed by atoms with Gasteiger partial charge in [0.25, 0.3) is 0 Å². The Kier molecular flexibility index (Phi) is 2.97. The monoisotopic (exact) mass is 205 g/mol. The van der Waals surface area contributed by atoms with Crippen LogP contribution in [0, 0.1) is 6.92 Å². The first-order valence-corrected chi connectivity index (χ1v) is 5.16. The first-order chi connectivity index (χ1) is 7.25. The number of rotatable bonds is 3.